The summed E-state index contributed by atoms with van der Waals surface area (Å²) in [5.41, 5.74) is 0.254. The van der Waals surface area contributed by atoms with E-state index in [2.05, 4.69) is 10.6 Å². The van der Waals surface area contributed by atoms with E-state index in [4.69, 9.17) is 4.74 Å². The quantitative estimate of drug-likeness (QED) is 0.567. The van der Waals surface area contributed by atoms with Gasteiger partial charge in [0.15, 0.2) is 0 Å². The summed E-state index contributed by atoms with van der Waals surface area (Å²) in [4.78, 5) is 43.7. The highest BCUT2D eigenvalue weighted by Crippen LogP contribution is 2.32. The third-order valence-corrected chi connectivity index (χ3v) is 6.68. The van der Waals surface area contributed by atoms with Gasteiger partial charge in [-0.25, -0.2) is 0 Å². The van der Waals surface area contributed by atoms with Crippen molar-refractivity contribution in [2.75, 3.05) is 63.1 Å². The maximum Gasteiger partial charge on any atom is 0.416 e. The number of anilines is 2. The van der Waals surface area contributed by atoms with Gasteiger partial charge in [-0.1, -0.05) is 18.2 Å². The van der Waals surface area contributed by atoms with Gasteiger partial charge in [-0.3, -0.25) is 19.3 Å². The topological polar surface area (TPSA) is 94.2 Å². The van der Waals surface area contributed by atoms with Crippen molar-refractivity contribution in [3.05, 3.63) is 54.1 Å². The van der Waals surface area contributed by atoms with Crippen LogP contribution in [0, 0.1) is 0 Å². The number of hydrogen-bond acceptors (Lipinski definition) is 6. The average Bonchev–Trinajstić information content (AvgIpc) is 2.90. The van der Waals surface area contributed by atoms with E-state index in [0.717, 1.165) is 12.1 Å². The van der Waals surface area contributed by atoms with Crippen LogP contribution in [0.2, 0.25) is 0 Å². The molecule has 2 heterocycles. The summed E-state index contributed by atoms with van der Waals surface area (Å²) in [5.74, 6) is -0.619. The molecule has 12 heteroatoms. The second-order valence-electron chi connectivity index (χ2n) is 9.16. The van der Waals surface area contributed by atoms with E-state index in [-0.39, 0.29) is 25.4 Å². The van der Waals surface area contributed by atoms with Crippen LogP contribution in [-0.4, -0.2) is 86.5 Å². The van der Waals surface area contributed by atoms with Crippen molar-refractivity contribution in [1.82, 2.24) is 15.1 Å². The number of rotatable bonds is 7. The number of carbonyl (C=O) groups is 3. The number of halogens is 3. The molecule has 0 spiro atoms. The van der Waals surface area contributed by atoms with Crippen LogP contribution in [0.5, 0.6) is 5.75 Å². The largest absolute Gasteiger partial charge is 0.495 e. The Morgan fingerprint density at radius 1 is 1.05 bits per heavy atom. The molecule has 0 bridgehead atoms. The molecule has 0 saturated carbocycles. The number of alkyl halides is 3. The Balaban J connectivity index is 1.34. The summed E-state index contributed by atoms with van der Waals surface area (Å²) in [6.45, 7) is 2.48. The normalized spacial score (nSPS) is 18.6. The lowest BCUT2D eigenvalue weighted by Crippen LogP contribution is -2.60. The molecule has 3 amide bonds. The Morgan fingerprint density at radius 2 is 1.79 bits per heavy atom. The second-order valence-corrected chi connectivity index (χ2v) is 9.16. The molecule has 2 aromatic carbocycles. The maximum absolute atomic E-state index is 13.2. The summed E-state index contributed by atoms with van der Waals surface area (Å²) in [6, 6.07) is 11.1. The van der Waals surface area contributed by atoms with Crippen molar-refractivity contribution in [1.29, 1.82) is 0 Å². The van der Waals surface area contributed by atoms with Crippen LogP contribution < -0.4 is 20.3 Å². The molecule has 2 N–H and O–H groups in total. The third-order valence-electron chi connectivity index (χ3n) is 6.68. The third kappa shape index (κ3) is 6.55. The lowest BCUT2D eigenvalue weighted by atomic mass is 10.1. The Bertz CT molecular complexity index is 1170. The van der Waals surface area contributed by atoms with Crippen LogP contribution >= 0.6 is 0 Å². The first-order valence-electron chi connectivity index (χ1n) is 12.3. The first-order chi connectivity index (χ1) is 18.2. The van der Waals surface area contributed by atoms with E-state index < -0.39 is 29.6 Å². The van der Waals surface area contributed by atoms with Gasteiger partial charge < -0.3 is 25.2 Å². The molecule has 0 unspecified atom stereocenters. The van der Waals surface area contributed by atoms with Crippen molar-refractivity contribution < 1.29 is 32.3 Å². The molecule has 1 atom stereocenters. The van der Waals surface area contributed by atoms with Crippen molar-refractivity contribution in [3.8, 4) is 5.75 Å². The van der Waals surface area contributed by atoms with Gasteiger partial charge in [0.25, 0.3) is 0 Å². The summed E-state index contributed by atoms with van der Waals surface area (Å²) in [5, 5.41) is 5.45. The van der Waals surface area contributed by atoms with Crippen molar-refractivity contribution in [3.63, 3.8) is 0 Å². The fourth-order valence-electron chi connectivity index (χ4n) is 4.67. The van der Waals surface area contributed by atoms with Gasteiger partial charge in [0.1, 0.15) is 11.8 Å². The zero-order chi connectivity index (χ0) is 27.3. The lowest BCUT2D eigenvalue weighted by Gasteiger charge is -2.39. The fraction of sp³-hybridized carbons (Fsp3) is 0.423. The van der Waals surface area contributed by atoms with E-state index in [1.165, 1.54) is 18.1 Å². The maximum atomic E-state index is 13.2. The van der Waals surface area contributed by atoms with E-state index in [1.54, 1.807) is 30.3 Å². The number of amides is 3. The van der Waals surface area contributed by atoms with Crippen LogP contribution in [0.3, 0.4) is 0 Å². The first-order valence-corrected chi connectivity index (χ1v) is 12.3. The van der Waals surface area contributed by atoms with E-state index in [9.17, 15) is 27.6 Å². The van der Waals surface area contributed by atoms with E-state index >= 15 is 0 Å². The second kappa shape index (κ2) is 11.7. The predicted octanol–water partition coefficient (Wildman–Crippen LogP) is 2.19. The Hall–Kier alpha value is -3.80. The number of para-hydroxylation sites is 2. The fourth-order valence-corrected chi connectivity index (χ4v) is 4.67. The van der Waals surface area contributed by atoms with Crippen LogP contribution in [0.1, 0.15) is 12.0 Å². The highest BCUT2D eigenvalue weighted by atomic mass is 19.4. The minimum Gasteiger partial charge on any atom is -0.495 e. The van der Waals surface area contributed by atoms with Gasteiger partial charge in [0, 0.05) is 45.0 Å². The lowest BCUT2D eigenvalue weighted by molar-refractivity contribution is -0.145. The molecule has 2 saturated heterocycles. The van der Waals surface area contributed by atoms with Gasteiger partial charge in [0.05, 0.1) is 31.3 Å². The molecule has 2 aromatic rings. The molecule has 9 nitrogen and oxygen atoms in total. The molecule has 0 aliphatic carbocycles. The van der Waals surface area contributed by atoms with Crippen molar-refractivity contribution in [2.24, 2.45) is 0 Å². The predicted molar refractivity (Wildman–Crippen MR) is 135 cm³/mol. The van der Waals surface area contributed by atoms with Gasteiger partial charge in [-0.15, -0.1) is 0 Å². The highest BCUT2D eigenvalue weighted by molar-refractivity contribution is 5.98. The standard InChI is InChI=1S/C26H30F3N5O4/c1-38-22-8-3-2-7-20(22)31-23(35)16-21-25(37)30-9-10-34(21)24(36)17-32-11-13-33(14-12-32)19-6-4-5-18(15-19)26(27,28)29/h2-8,15,21H,9-14,16-17H2,1H3,(H,30,37)(H,31,35)/t21-/m1/s1. The number of piperazine rings is 2. The van der Waals surface area contributed by atoms with Crippen LogP contribution in [0.25, 0.3) is 0 Å². The molecular weight excluding hydrogens is 503 g/mol. The van der Waals surface area contributed by atoms with Crippen LogP contribution in [0.15, 0.2) is 48.5 Å². The molecule has 2 aliphatic rings. The number of ether oxygens (including phenoxy) is 1. The van der Waals surface area contributed by atoms with Crippen LogP contribution in [0.4, 0.5) is 24.5 Å². The summed E-state index contributed by atoms with van der Waals surface area (Å²) in [7, 11) is 1.49. The molecule has 2 fully saturated rings. The summed E-state index contributed by atoms with van der Waals surface area (Å²) < 4.78 is 44.5. The Kier molecular flexibility index (Phi) is 8.40. The van der Waals surface area contributed by atoms with Crippen molar-refractivity contribution in [2.45, 2.75) is 18.6 Å². The Labute approximate surface area is 218 Å². The molecule has 38 heavy (non-hydrogen) atoms. The minimum atomic E-state index is -4.41. The number of hydrogen-bond donors (Lipinski definition) is 2. The van der Waals surface area contributed by atoms with Crippen LogP contribution in [-0.2, 0) is 20.6 Å². The molecule has 0 aromatic heterocycles. The zero-order valence-electron chi connectivity index (χ0n) is 21.0. The molecular formula is C26H30F3N5O4. The number of benzene rings is 2. The minimum absolute atomic E-state index is 0.0499. The molecule has 0 radical (unpaired) electrons. The number of carbonyl (C=O) groups excluding carboxylic acids is 3. The molecule has 4 rings (SSSR count). The molecule has 204 valence electrons. The van der Waals surface area contributed by atoms with E-state index in [0.29, 0.717) is 49.8 Å². The van der Waals surface area contributed by atoms with Gasteiger partial charge >= 0.3 is 6.18 Å². The van der Waals surface area contributed by atoms with Gasteiger partial charge in [-0.2, -0.15) is 13.2 Å². The summed E-state index contributed by atoms with van der Waals surface area (Å²) in [6.07, 6.45) is -4.62. The number of nitrogens with zero attached hydrogens (tertiary/aromatic N) is 3. The number of nitrogens with one attached hydrogen (secondary N) is 2. The van der Waals surface area contributed by atoms with Crippen molar-refractivity contribution >= 4 is 29.1 Å². The number of methoxy groups -OCH3 is 1. The van der Waals surface area contributed by atoms with Gasteiger partial charge in [-0.05, 0) is 30.3 Å². The zero-order valence-corrected chi connectivity index (χ0v) is 21.0. The smallest absolute Gasteiger partial charge is 0.416 e. The SMILES string of the molecule is COc1ccccc1NC(=O)C[C@@H]1C(=O)NCCN1C(=O)CN1CCN(c2cccc(C(F)(F)F)c2)CC1. The molecule has 2 aliphatic heterocycles. The highest BCUT2D eigenvalue weighted by Gasteiger charge is 2.36. The summed E-state index contributed by atoms with van der Waals surface area (Å²) >= 11 is 0. The van der Waals surface area contributed by atoms with E-state index in [1.807, 2.05) is 9.80 Å². The average molecular weight is 534 g/mol. The van der Waals surface area contributed by atoms with Gasteiger partial charge in [0.2, 0.25) is 17.7 Å². The first kappa shape index (κ1) is 27.2. The monoisotopic (exact) mass is 533 g/mol. The Morgan fingerprint density at radius 3 is 2.50 bits per heavy atom.